The van der Waals surface area contributed by atoms with Crippen molar-refractivity contribution in [2.75, 3.05) is 0 Å². The first-order valence-electron chi connectivity index (χ1n) is 6.83. The molecular weight excluding hydrogens is 192 g/mol. The molecule has 0 atom stereocenters. The van der Waals surface area contributed by atoms with Crippen LogP contribution in [-0.2, 0) is 32.1 Å². The Bertz CT molecular complexity index is 566. The Labute approximate surface area is 96.4 Å². The quantitative estimate of drug-likeness (QED) is 0.613. The van der Waals surface area contributed by atoms with Crippen LogP contribution in [0.5, 0.6) is 0 Å². The van der Waals surface area contributed by atoms with Crippen LogP contribution in [0.1, 0.15) is 52.6 Å². The van der Waals surface area contributed by atoms with E-state index in [0.29, 0.717) is 0 Å². The zero-order valence-electron chi connectivity index (χ0n) is 9.66. The van der Waals surface area contributed by atoms with Crippen LogP contribution in [0.25, 0.3) is 5.57 Å². The summed E-state index contributed by atoms with van der Waals surface area (Å²) < 4.78 is 0. The number of fused-ring (bicyclic) bond motifs is 6. The largest absolute Gasteiger partial charge is 0.0657 e. The standard InChI is InChI=1S/C16H16/c1-2-9(1)10-3-7-14-12-5-4-11(12)13-6-8-15(13)16(10)14/h1-8H2. The second-order valence-electron chi connectivity index (χ2n) is 5.85. The molecule has 0 nitrogen and oxygen atoms in total. The molecule has 0 spiro atoms. The Hall–Kier alpha value is -1.04. The van der Waals surface area contributed by atoms with E-state index in [1.54, 1.807) is 44.5 Å². The molecule has 0 heteroatoms. The van der Waals surface area contributed by atoms with Crippen molar-refractivity contribution >= 4 is 5.57 Å². The second-order valence-corrected chi connectivity index (χ2v) is 5.85. The Kier molecular flexibility index (Phi) is 1.24. The van der Waals surface area contributed by atoms with Gasteiger partial charge in [-0.25, -0.2) is 0 Å². The van der Waals surface area contributed by atoms with Gasteiger partial charge in [-0.15, -0.1) is 0 Å². The molecule has 0 bridgehead atoms. The van der Waals surface area contributed by atoms with Crippen molar-refractivity contribution in [3.05, 3.63) is 39.0 Å². The predicted molar refractivity (Wildman–Crippen MR) is 65.7 cm³/mol. The maximum Gasteiger partial charge on any atom is -0.0155 e. The van der Waals surface area contributed by atoms with Crippen LogP contribution in [0.15, 0.2) is 5.57 Å². The van der Waals surface area contributed by atoms with Gasteiger partial charge in [0.2, 0.25) is 0 Å². The molecule has 0 N–H and O–H groups in total. The highest BCUT2D eigenvalue weighted by molar-refractivity contribution is 5.83. The highest BCUT2D eigenvalue weighted by atomic mass is 14.4. The summed E-state index contributed by atoms with van der Waals surface area (Å²) in [4.78, 5) is 0. The summed E-state index contributed by atoms with van der Waals surface area (Å²) in [5.74, 6) is 0. The van der Waals surface area contributed by atoms with E-state index in [4.69, 9.17) is 0 Å². The minimum Gasteiger partial charge on any atom is -0.0657 e. The van der Waals surface area contributed by atoms with Crippen molar-refractivity contribution in [1.82, 2.24) is 0 Å². The van der Waals surface area contributed by atoms with Crippen molar-refractivity contribution < 1.29 is 0 Å². The first-order chi connectivity index (χ1) is 7.93. The Morgan fingerprint density at radius 3 is 1.44 bits per heavy atom. The van der Waals surface area contributed by atoms with Crippen LogP contribution in [0, 0.1) is 0 Å². The molecule has 0 saturated heterocycles. The molecule has 16 heavy (non-hydrogen) atoms. The molecule has 1 saturated carbocycles. The number of hydrogen-bond donors (Lipinski definition) is 0. The summed E-state index contributed by atoms with van der Waals surface area (Å²) in [6, 6.07) is 0. The number of allylic oxidation sites excluding steroid dienone is 2. The highest BCUT2D eigenvalue weighted by Gasteiger charge is 2.36. The van der Waals surface area contributed by atoms with Crippen LogP contribution in [0.3, 0.4) is 0 Å². The molecular formula is C16H16. The monoisotopic (exact) mass is 208 g/mol. The molecule has 1 aromatic carbocycles. The molecule has 1 fully saturated rings. The molecule has 0 unspecified atom stereocenters. The lowest BCUT2D eigenvalue weighted by Gasteiger charge is -2.34. The van der Waals surface area contributed by atoms with Crippen LogP contribution in [-0.4, -0.2) is 0 Å². The Morgan fingerprint density at radius 2 is 0.938 bits per heavy atom. The first-order valence-corrected chi connectivity index (χ1v) is 6.83. The van der Waals surface area contributed by atoms with Gasteiger partial charge in [-0.2, -0.15) is 0 Å². The third-order valence-electron chi connectivity index (χ3n) is 5.16. The van der Waals surface area contributed by atoms with Crippen molar-refractivity contribution in [3.8, 4) is 0 Å². The van der Waals surface area contributed by atoms with Crippen LogP contribution in [0.4, 0.5) is 0 Å². The molecule has 0 radical (unpaired) electrons. The van der Waals surface area contributed by atoms with Crippen molar-refractivity contribution in [3.63, 3.8) is 0 Å². The molecule has 4 aliphatic carbocycles. The Morgan fingerprint density at radius 1 is 0.438 bits per heavy atom. The van der Waals surface area contributed by atoms with E-state index >= 15 is 0 Å². The fourth-order valence-electron chi connectivity index (χ4n) is 4.09. The zero-order valence-corrected chi connectivity index (χ0v) is 9.66. The topological polar surface area (TPSA) is 0 Å². The molecule has 4 aliphatic rings. The maximum atomic E-state index is 1.80. The third-order valence-corrected chi connectivity index (χ3v) is 5.16. The number of rotatable bonds is 0. The molecule has 0 aromatic heterocycles. The minimum absolute atomic E-state index is 1.36. The van der Waals surface area contributed by atoms with Gasteiger partial charge in [0.1, 0.15) is 0 Å². The van der Waals surface area contributed by atoms with E-state index in [2.05, 4.69) is 0 Å². The summed E-state index contributed by atoms with van der Waals surface area (Å²) in [6.45, 7) is 0. The van der Waals surface area contributed by atoms with E-state index in [-0.39, 0.29) is 0 Å². The zero-order chi connectivity index (χ0) is 10.3. The lowest BCUT2D eigenvalue weighted by atomic mass is 9.70. The van der Waals surface area contributed by atoms with Gasteiger partial charge in [-0.3, -0.25) is 0 Å². The van der Waals surface area contributed by atoms with Crippen molar-refractivity contribution in [2.24, 2.45) is 0 Å². The van der Waals surface area contributed by atoms with Gasteiger partial charge in [-0.1, -0.05) is 5.57 Å². The van der Waals surface area contributed by atoms with Crippen LogP contribution < -0.4 is 0 Å². The SMILES string of the molecule is C1CC1=C1CCc2c3c(c4c(c21)CC4)CC3. The van der Waals surface area contributed by atoms with Crippen molar-refractivity contribution in [2.45, 2.75) is 51.4 Å². The molecule has 0 heterocycles. The van der Waals surface area contributed by atoms with Crippen molar-refractivity contribution in [1.29, 1.82) is 0 Å². The third kappa shape index (κ3) is 0.773. The van der Waals surface area contributed by atoms with Gasteiger partial charge in [-0.05, 0) is 90.3 Å². The van der Waals surface area contributed by atoms with Crippen LogP contribution in [0.2, 0.25) is 0 Å². The van der Waals surface area contributed by atoms with Gasteiger partial charge in [0.05, 0.1) is 0 Å². The fourth-order valence-corrected chi connectivity index (χ4v) is 4.09. The average Bonchev–Trinajstić information content (AvgIpc) is 2.96. The number of benzene rings is 1. The second kappa shape index (κ2) is 2.45. The summed E-state index contributed by atoms with van der Waals surface area (Å²) >= 11 is 0. The summed E-state index contributed by atoms with van der Waals surface area (Å²) in [5.41, 5.74) is 14.3. The summed E-state index contributed by atoms with van der Waals surface area (Å²) in [6.07, 6.45) is 11.1. The lowest BCUT2D eigenvalue weighted by Crippen LogP contribution is -2.24. The molecule has 80 valence electrons. The van der Waals surface area contributed by atoms with Gasteiger partial charge in [0.25, 0.3) is 0 Å². The summed E-state index contributed by atoms with van der Waals surface area (Å²) in [5, 5.41) is 0. The maximum absolute atomic E-state index is 1.80. The summed E-state index contributed by atoms with van der Waals surface area (Å²) in [7, 11) is 0. The minimum atomic E-state index is 1.36. The molecule has 1 aromatic rings. The Balaban J connectivity index is 1.89. The fraction of sp³-hybridized carbons (Fsp3) is 0.500. The van der Waals surface area contributed by atoms with Gasteiger partial charge in [0, 0.05) is 0 Å². The first kappa shape index (κ1) is 8.11. The normalized spacial score (nSPS) is 23.2. The number of hydrogen-bond acceptors (Lipinski definition) is 0. The lowest BCUT2D eigenvalue weighted by molar-refractivity contribution is 0.729. The van der Waals surface area contributed by atoms with Gasteiger partial charge in [0.15, 0.2) is 0 Å². The van der Waals surface area contributed by atoms with E-state index in [0.717, 1.165) is 0 Å². The van der Waals surface area contributed by atoms with E-state index < -0.39 is 0 Å². The van der Waals surface area contributed by atoms with E-state index in [1.165, 1.54) is 51.4 Å². The molecule has 5 rings (SSSR count). The highest BCUT2D eigenvalue weighted by Crippen LogP contribution is 2.51. The smallest absolute Gasteiger partial charge is 0.0155 e. The van der Waals surface area contributed by atoms with E-state index in [9.17, 15) is 0 Å². The van der Waals surface area contributed by atoms with Gasteiger partial charge >= 0.3 is 0 Å². The van der Waals surface area contributed by atoms with Crippen LogP contribution >= 0.6 is 0 Å². The van der Waals surface area contributed by atoms with Gasteiger partial charge < -0.3 is 0 Å². The predicted octanol–water partition coefficient (Wildman–Crippen LogP) is 3.38. The average molecular weight is 208 g/mol. The molecule has 0 aliphatic heterocycles. The van der Waals surface area contributed by atoms with E-state index in [1.807, 2.05) is 0 Å². The molecule has 0 amide bonds.